The Kier molecular flexibility index (Phi) is 5.44. The zero-order valence-electron chi connectivity index (χ0n) is 16.4. The van der Waals surface area contributed by atoms with E-state index in [1.165, 1.54) is 5.56 Å². The van der Waals surface area contributed by atoms with Crippen molar-refractivity contribution >= 4 is 25.4 Å². The van der Waals surface area contributed by atoms with E-state index in [2.05, 4.69) is 34.9 Å². The Morgan fingerprint density at radius 1 is 0.897 bits per heavy atom. The summed E-state index contributed by atoms with van der Waals surface area (Å²) in [5.74, 6) is -0.388. The molecule has 2 atom stereocenters. The molecule has 4 rings (SSSR count). The van der Waals surface area contributed by atoms with Crippen LogP contribution in [0.25, 0.3) is 0 Å². The summed E-state index contributed by atoms with van der Waals surface area (Å²) in [6, 6.07) is 16.0. The van der Waals surface area contributed by atoms with Gasteiger partial charge in [0.15, 0.2) is 19.7 Å². The molecule has 2 heterocycles. The highest BCUT2D eigenvalue weighted by Gasteiger charge is 2.48. The molecule has 2 aliphatic heterocycles. The van der Waals surface area contributed by atoms with Crippen molar-refractivity contribution < 1.29 is 16.8 Å². The Hall–Kier alpha value is -1.90. The summed E-state index contributed by atoms with van der Waals surface area (Å²) in [6.45, 7) is 4.85. The van der Waals surface area contributed by atoms with Gasteiger partial charge in [-0.15, -0.1) is 0 Å². The standard InChI is InChI=1S/C21H26N2O4S2/c1-17-6-5-7-18(14-17)22-10-12-23(13-11-22)20-15-28(24,25)16-21(20)29(26,27)19-8-3-2-4-9-19/h2-9,14,20-21H,10-13,15-16H2,1H3/t20-,21-/m1/s1. The average Bonchev–Trinajstić information content (AvgIpc) is 3.05. The molecule has 0 amide bonds. The first-order valence-corrected chi connectivity index (χ1v) is 13.2. The number of sulfone groups is 2. The van der Waals surface area contributed by atoms with Gasteiger partial charge in [0.25, 0.3) is 0 Å². The maximum Gasteiger partial charge on any atom is 0.183 e. The number of benzene rings is 2. The highest BCUT2D eigenvalue weighted by Crippen LogP contribution is 2.30. The van der Waals surface area contributed by atoms with Crippen molar-refractivity contribution in [2.75, 3.05) is 42.6 Å². The fourth-order valence-corrected chi connectivity index (χ4v) is 9.21. The van der Waals surface area contributed by atoms with E-state index in [1.807, 2.05) is 6.07 Å². The van der Waals surface area contributed by atoms with Crippen LogP contribution in [-0.2, 0) is 19.7 Å². The zero-order chi connectivity index (χ0) is 20.6. The van der Waals surface area contributed by atoms with Crippen LogP contribution in [0.15, 0.2) is 59.5 Å². The minimum atomic E-state index is -3.71. The van der Waals surface area contributed by atoms with Crippen molar-refractivity contribution in [3.8, 4) is 0 Å². The predicted octanol–water partition coefficient (Wildman–Crippen LogP) is 1.76. The summed E-state index contributed by atoms with van der Waals surface area (Å²) in [6.07, 6.45) is 0. The second-order valence-electron chi connectivity index (χ2n) is 7.90. The normalized spacial score (nSPS) is 25.2. The van der Waals surface area contributed by atoms with Gasteiger partial charge in [-0.05, 0) is 36.8 Å². The second-order valence-corrected chi connectivity index (χ2v) is 12.2. The molecule has 0 unspecified atom stereocenters. The summed E-state index contributed by atoms with van der Waals surface area (Å²) in [5.41, 5.74) is 2.35. The summed E-state index contributed by atoms with van der Waals surface area (Å²) in [4.78, 5) is 4.53. The van der Waals surface area contributed by atoms with Gasteiger partial charge < -0.3 is 4.90 Å². The SMILES string of the molecule is Cc1cccc(N2CCN([C@@H]3CS(=O)(=O)C[C@H]3S(=O)(=O)c3ccccc3)CC2)c1. The van der Waals surface area contributed by atoms with Crippen molar-refractivity contribution in [3.63, 3.8) is 0 Å². The van der Waals surface area contributed by atoms with E-state index in [1.54, 1.807) is 30.3 Å². The topological polar surface area (TPSA) is 74.8 Å². The van der Waals surface area contributed by atoms with Gasteiger partial charge in [0.1, 0.15) is 0 Å². The summed E-state index contributed by atoms with van der Waals surface area (Å²) in [7, 11) is -7.10. The fraction of sp³-hybridized carbons (Fsp3) is 0.429. The Morgan fingerprint density at radius 3 is 2.24 bits per heavy atom. The zero-order valence-corrected chi connectivity index (χ0v) is 18.1. The van der Waals surface area contributed by atoms with Crippen LogP contribution < -0.4 is 4.90 Å². The van der Waals surface area contributed by atoms with Crippen molar-refractivity contribution in [2.24, 2.45) is 0 Å². The first-order chi connectivity index (χ1) is 13.8. The van der Waals surface area contributed by atoms with Crippen molar-refractivity contribution in [1.82, 2.24) is 4.90 Å². The Labute approximate surface area is 173 Å². The third-order valence-corrected chi connectivity index (χ3v) is 10.0. The first kappa shape index (κ1) is 20.4. The Balaban J connectivity index is 1.54. The van der Waals surface area contributed by atoms with E-state index in [9.17, 15) is 16.8 Å². The number of hydrogen-bond acceptors (Lipinski definition) is 6. The van der Waals surface area contributed by atoms with E-state index in [-0.39, 0.29) is 16.4 Å². The molecule has 156 valence electrons. The smallest absolute Gasteiger partial charge is 0.183 e. The molecule has 2 saturated heterocycles. The number of hydrogen-bond donors (Lipinski definition) is 0. The lowest BCUT2D eigenvalue weighted by molar-refractivity contribution is 0.201. The molecule has 2 fully saturated rings. The minimum Gasteiger partial charge on any atom is -0.369 e. The lowest BCUT2D eigenvalue weighted by Gasteiger charge is -2.40. The number of nitrogens with zero attached hydrogens (tertiary/aromatic N) is 2. The third kappa shape index (κ3) is 4.20. The highest BCUT2D eigenvalue weighted by molar-refractivity contribution is 7.96. The maximum absolute atomic E-state index is 13.2. The van der Waals surface area contributed by atoms with E-state index >= 15 is 0 Å². The van der Waals surface area contributed by atoms with Crippen LogP contribution in [0.4, 0.5) is 5.69 Å². The van der Waals surface area contributed by atoms with Gasteiger partial charge in [-0.1, -0.05) is 30.3 Å². The monoisotopic (exact) mass is 434 g/mol. The van der Waals surface area contributed by atoms with Crippen LogP contribution >= 0.6 is 0 Å². The van der Waals surface area contributed by atoms with Crippen molar-refractivity contribution in [1.29, 1.82) is 0 Å². The summed E-state index contributed by atoms with van der Waals surface area (Å²) < 4.78 is 51.2. The molecule has 2 aromatic rings. The van der Waals surface area contributed by atoms with Crippen LogP contribution in [0, 0.1) is 6.92 Å². The molecule has 0 radical (unpaired) electrons. The van der Waals surface area contributed by atoms with Crippen LogP contribution in [0.3, 0.4) is 0 Å². The average molecular weight is 435 g/mol. The number of aryl methyl sites for hydroxylation is 1. The number of piperazine rings is 1. The van der Waals surface area contributed by atoms with Crippen LogP contribution in [0.2, 0.25) is 0 Å². The van der Waals surface area contributed by atoms with Crippen LogP contribution in [0.5, 0.6) is 0 Å². The molecule has 0 aliphatic carbocycles. The Bertz CT molecular complexity index is 1080. The molecule has 0 spiro atoms. The quantitative estimate of drug-likeness (QED) is 0.730. The molecule has 6 nitrogen and oxygen atoms in total. The van der Waals surface area contributed by atoms with Gasteiger partial charge in [-0.2, -0.15) is 0 Å². The van der Waals surface area contributed by atoms with E-state index < -0.39 is 31.0 Å². The lowest BCUT2D eigenvalue weighted by Crippen LogP contribution is -2.55. The maximum atomic E-state index is 13.2. The van der Waals surface area contributed by atoms with E-state index in [4.69, 9.17) is 0 Å². The van der Waals surface area contributed by atoms with Gasteiger partial charge >= 0.3 is 0 Å². The first-order valence-electron chi connectivity index (χ1n) is 9.81. The molecule has 0 bridgehead atoms. The fourth-order valence-electron chi connectivity index (χ4n) is 4.36. The number of anilines is 1. The molecule has 0 aromatic heterocycles. The van der Waals surface area contributed by atoms with Crippen LogP contribution in [-0.4, -0.2) is 70.7 Å². The third-order valence-electron chi connectivity index (χ3n) is 5.89. The molecule has 0 saturated carbocycles. The van der Waals surface area contributed by atoms with Crippen LogP contribution in [0.1, 0.15) is 5.56 Å². The van der Waals surface area contributed by atoms with E-state index in [0.717, 1.165) is 18.8 Å². The molecular formula is C21H26N2O4S2. The van der Waals surface area contributed by atoms with Gasteiger partial charge in [0.2, 0.25) is 0 Å². The van der Waals surface area contributed by atoms with Gasteiger partial charge in [0, 0.05) is 37.9 Å². The second kappa shape index (κ2) is 7.74. The van der Waals surface area contributed by atoms with Gasteiger partial charge in [0.05, 0.1) is 21.7 Å². The molecule has 29 heavy (non-hydrogen) atoms. The lowest BCUT2D eigenvalue weighted by atomic mass is 10.1. The molecule has 0 N–H and O–H groups in total. The number of rotatable bonds is 4. The predicted molar refractivity (Wildman–Crippen MR) is 115 cm³/mol. The highest BCUT2D eigenvalue weighted by atomic mass is 32.2. The van der Waals surface area contributed by atoms with E-state index in [0.29, 0.717) is 13.1 Å². The van der Waals surface area contributed by atoms with Gasteiger partial charge in [-0.3, -0.25) is 4.90 Å². The van der Waals surface area contributed by atoms with Gasteiger partial charge in [-0.25, -0.2) is 16.8 Å². The largest absolute Gasteiger partial charge is 0.369 e. The molecule has 2 aliphatic rings. The van der Waals surface area contributed by atoms with Crippen molar-refractivity contribution in [3.05, 3.63) is 60.2 Å². The molecule has 8 heteroatoms. The molecular weight excluding hydrogens is 408 g/mol. The summed E-state index contributed by atoms with van der Waals surface area (Å²) in [5, 5.41) is -0.916. The summed E-state index contributed by atoms with van der Waals surface area (Å²) >= 11 is 0. The minimum absolute atomic E-state index is 0.0891. The van der Waals surface area contributed by atoms with Crippen molar-refractivity contribution in [2.45, 2.75) is 23.1 Å². The Morgan fingerprint density at radius 2 is 1.59 bits per heavy atom. The molecule has 2 aromatic carbocycles.